The zero-order valence-corrected chi connectivity index (χ0v) is 17.3. The number of aryl methyl sites for hydroxylation is 2. The van der Waals surface area contributed by atoms with E-state index in [0.717, 1.165) is 17.8 Å². The summed E-state index contributed by atoms with van der Waals surface area (Å²) >= 11 is 6.03. The molecule has 1 N–H and O–H groups in total. The standard InChI is InChI=1S/C20H23ClN6O2/c1-12-17(26(2)11-22-12)19-23-18(24-25-19)16-10-15(7-8-29-16)27(3)20(28)13-5-4-6-14(21)9-13/h4-6,9,11,15-16H,7-8,10H2,1-3H3,(H,23,24,25)/t15-,16+/m1/s1. The maximum absolute atomic E-state index is 12.9. The highest BCUT2D eigenvalue weighted by molar-refractivity contribution is 6.30. The van der Waals surface area contributed by atoms with Crippen molar-refractivity contribution in [2.24, 2.45) is 7.05 Å². The van der Waals surface area contributed by atoms with Crippen LogP contribution in [0, 0.1) is 6.92 Å². The molecule has 0 spiro atoms. The highest BCUT2D eigenvalue weighted by atomic mass is 35.5. The van der Waals surface area contributed by atoms with Crippen molar-refractivity contribution in [1.82, 2.24) is 29.6 Å². The van der Waals surface area contributed by atoms with Crippen molar-refractivity contribution in [3.05, 3.63) is 52.7 Å². The van der Waals surface area contributed by atoms with Gasteiger partial charge in [0.25, 0.3) is 5.91 Å². The molecule has 0 radical (unpaired) electrons. The molecular weight excluding hydrogens is 392 g/mol. The Bertz CT molecular complexity index is 1010. The molecule has 2 atom stereocenters. The molecule has 0 saturated carbocycles. The second kappa shape index (κ2) is 7.96. The molecule has 0 unspecified atom stereocenters. The Morgan fingerprint density at radius 3 is 2.93 bits per heavy atom. The zero-order chi connectivity index (χ0) is 20.5. The van der Waals surface area contributed by atoms with Crippen molar-refractivity contribution < 1.29 is 9.53 Å². The summed E-state index contributed by atoms with van der Waals surface area (Å²) in [6.07, 6.45) is 2.90. The average molecular weight is 415 g/mol. The van der Waals surface area contributed by atoms with Gasteiger partial charge in [0.05, 0.1) is 12.0 Å². The number of halogens is 1. The van der Waals surface area contributed by atoms with Crippen molar-refractivity contribution in [3.8, 4) is 11.5 Å². The third-order valence-corrected chi connectivity index (χ3v) is 5.58. The lowest BCUT2D eigenvalue weighted by atomic mass is 10.0. The van der Waals surface area contributed by atoms with Gasteiger partial charge in [-0.05, 0) is 31.5 Å². The number of nitrogens with zero attached hydrogens (tertiary/aromatic N) is 5. The molecule has 3 aromatic rings. The minimum Gasteiger partial charge on any atom is -0.370 e. The number of hydrogen-bond donors (Lipinski definition) is 1. The number of aromatic nitrogens is 5. The van der Waals surface area contributed by atoms with Crippen molar-refractivity contribution in [3.63, 3.8) is 0 Å². The van der Waals surface area contributed by atoms with Crippen LogP contribution in [-0.2, 0) is 11.8 Å². The number of amides is 1. The summed E-state index contributed by atoms with van der Waals surface area (Å²) in [7, 11) is 3.74. The van der Waals surface area contributed by atoms with Crippen LogP contribution in [0.5, 0.6) is 0 Å². The van der Waals surface area contributed by atoms with E-state index in [-0.39, 0.29) is 18.1 Å². The van der Waals surface area contributed by atoms with E-state index in [2.05, 4.69) is 20.2 Å². The maximum atomic E-state index is 12.9. The van der Waals surface area contributed by atoms with Crippen LogP contribution in [0.15, 0.2) is 30.6 Å². The summed E-state index contributed by atoms with van der Waals surface area (Å²) in [4.78, 5) is 22.2. The van der Waals surface area contributed by atoms with Crippen LogP contribution in [-0.4, -0.2) is 55.2 Å². The van der Waals surface area contributed by atoms with Crippen LogP contribution in [0.1, 0.15) is 40.8 Å². The molecule has 1 aliphatic rings. The normalized spacial score (nSPS) is 19.3. The second-order valence-electron chi connectivity index (χ2n) is 7.31. The Kier molecular flexibility index (Phi) is 5.38. The summed E-state index contributed by atoms with van der Waals surface area (Å²) < 4.78 is 7.83. The van der Waals surface area contributed by atoms with Crippen molar-refractivity contribution >= 4 is 17.5 Å². The molecule has 2 aromatic heterocycles. The fourth-order valence-electron chi connectivity index (χ4n) is 3.72. The number of aromatic amines is 1. The summed E-state index contributed by atoms with van der Waals surface area (Å²) in [6.45, 7) is 2.48. The van der Waals surface area contributed by atoms with Crippen LogP contribution in [0.2, 0.25) is 5.02 Å². The number of ether oxygens (including phenoxy) is 1. The Morgan fingerprint density at radius 2 is 2.21 bits per heavy atom. The number of imidazole rings is 1. The molecule has 0 bridgehead atoms. The van der Waals surface area contributed by atoms with E-state index in [4.69, 9.17) is 16.3 Å². The molecule has 1 aliphatic heterocycles. The summed E-state index contributed by atoms with van der Waals surface area (Å²) in [6, 6.07) is 7.05. The van der Waals surface area contributed by atoms with Gasteiger partial charge in [-0.3, -0.25) is 4.79 Å². The lowest BCUT2D eigenvalue weighted by Gasteiger charge is -2.34. The van der Waals surface area contributed by atoms with E-state index in [1.807, 2.05) is 25.6 Å². The highest BCUT2D eigenvalue weighted by Crippen LogP contribution is 2.30. The molecule has 29 heavy (non-hydrogen) atoms. The molecule has 1 saturated heterocycles. The zero-order valence-electron chi connectivity index (χ0n) is 16.6. The summed E-state index contributed by atoms with van der Waals surface area (Å²) in [5.41, 5.74) is 2.35. The summed E-state index contributed by atoms with van der Waals surface area (Å²) in [5.74, 6) is 1.27. The first-order valence-corrected chi connectivity index (χ1v) is 9.87. The van der Waals surface area contributed by atoms with Crippen molar-refractivity contribution in [1.29, 1.82) is 0 Å². The number of nitrogens with one attached hydrogen (secondary N) is 1. The molecule has 1 aromatic carbocycles. The van der Waals surface area contributed by atoms with Crippen molar-refractivity contribution in [2.75, 3.05) is 13.7 Å². The Balaban J connectivity index is 1.49. The fraction of sp³-hybridized carbons (Fsp3) is 0.400. The van der Waals surface area contributed by atoms with Gasteiger partial charge in [-0.25, -0.2) is 4.98 Å². The Hall–Kier alpha value is -2.71. The number of benzene rings is 1. The van der Waals surface area contributed by atoms with Gasteiger partial charge >= 0.3 is 0 Å². The van der Waals surface area contributed by atoms with Crippen molar-refractivity contribution in [2.45, 2.75) is 31.9 Å². The number of hydrogen-bond acceptors (Lipinski definition) is 5. The van der Waals surface area contributed by atoms with Gasteiger partial charge < -0.3 is 19.2 Å². The smallest absolute Gasteiger partial charge is 0.253 e. The SMILES string of the molecule is Cc1ncn(C)c1-c1nnc([C@@H]2C[C@H](N(C)C(=O)c3cccc(Cl)c3)CCO2)[nH]1. The van der Waals surface area contributed by atoms with Gasteiger partial charge in [0.2, 0.25) is 0 Å². The predicted octanol–water partition coefficient (Wildman–Crippen LogP) is 3.16. The van der Waals surface area contributed by atoms with Crippen LogP contribution in [0.3, 0.4) is 0 Å². The maximum Gasteiger partial charge on any atom is 0.253 e. The van der Waals surface area contributed by atoms with Crippen LogP contribution in [0.25, 0.3) is 11.5 Å². The molecule has 1 amide bonds. The van der Waals surface area contributed by atoms with Crippen LogP contribution in [0.4, 0.5) is 0 Å². The molecule has 4 rings (SSSR count). The van der Waals surface area contributed by atoms with Crippen LogP contribution < -0.4 is 0 Å². The van der Waals surface area contributed by atoms with E-state index < -0.39 is 0 Å². The topological polar surface area (TPSA) is 88.9 Å². The summed E-state index contributed by atoms with van der Waals surface area (Å²) in [5, 5.41) is 9.12. The van der Waals surface area contributed by atoms with Gasteiger partial charge in [-0.15, -0.1) is 10.2 Å². The third-order valence-electron chi connectivity index (χ3n) is 5.35. The highest BCUT2D eigenvalue weighted by Gasteiger charge is 2.31. The van der Waals surface area contributed by atoms with Gasteiger partial charge in [0, 0.05) is 43.8 Å². The first-order valence-electron chi connectivity index (χ1n) is 9.49. The second-order valence-corrected chi connectivity index (χ2v) is 7.75. The Labute approximate surface area is 173 Å². The largest absolute Gasteiger partial charge is 0.370 e. The molecule has 152 valence electrons. The lowest BCUT2D eigenvalue weighted by molar-refractivity contribution is -0.0238. The number of carbonyl (C=O) groups is 1. The minimum absolute atomic E-state index is 0.0345. The molecular formula is C20H23ClN6O2. The first-order chi connectivity index (χ1) is 13.9. The third kappa shape index (κ3) is 3.90. The molecule has 3 heterocycles. The van der Waals surface area contributed by atoms with Gasteiger partial charge in [0.15, 0.2) is 11.6 Å². The van der Waals surface area contributed by atoms with Gasteiger partial charge in [0.1, 0.15) is 11.8 Å². The van der Waals surface area contributed by atoms with E-state index in [1.54, 1.807) is 35.5 Å². The Morgan fingerprint density at radius 1 is 1.38 bits per heavy atom. The van der Waals surface area contributed by atoms with E-state index in [1.165, 1.54) is 0 Å². The fourth-order valence-corrected chi connectivity index (χ4v) is 3.92. The first kappa shape index (κ1) is 19.6. The number of rotatable bonds is 4. The molecule has 0 aliphatic carbocycles. The molecule has 9 heteroatoms. The van der Waals surface area contributed by atoms with E-state index >= 15 is 0 Å². The average Bonchev–Trinajstić information content (AvgIpc) is 3.33. The van der Waals surface area contributed by atoms with E-state index in [9.17, 15) is 4.79 Å². The lowest BCUT2D eigenvalue weighted by Crippen LogP contribution is -2.41. The van der Waals surface area contributed by atoms with Gasteiger partial charge in [-0.2, -0.15) is 0 Å². The molecule has 1 fully saturated rings. The molecule has 8 nitrogen and oxygen atoms in total. The predicted molar refractivity (Wildman–Crippen MR) is 109 cm³/mol. The quantitative estimate of drug-likeness (QED) is 0.708. The minimum atomic E-state index is -0.252. The number of H-pyrrole nitrogens is 1. The number of carbonyl (C=O) groups excluding carboxylic acids is 1. The van der Waals surface area contributed by atoms with Crippen LogP contribution >= 0.6 is 11.6 Å². The van der Waals surface area contributed by atoms with Gasteiger partial charge in [-0.1, -0.05) is 17.7 Å². The monoisotopic (exact) mass is 414 g/mol. The van der Waals surface area contributed by atoms with E-state index in [0.29, 0.717) is 35.3 Å².